The number of thiazole rings is 1. The second-order valence-corrected chi connectivity index (χ2v) is 7.58. The number of nitrogens with two attached hydrogens (primary N) is 1. The predicted octanol–water partition coefficient (Wildman–Crippen LogP) is 2.04. The zero-order valence-electron chi connectivity index (χ0n) is 10.3. The molecule has 7 heteroatoms. The lowest BCUT2D eigenvalue weighted by molar-refractivity contribution is 0.591. The normalized spacial score (nSPS) is 16.9. The van der Waals surface area contributed by atoms with Crippen LogP contribution >= 0.6 is 11.3 Å². The van der Waals surface area contributed by atoms with Crippen LogP contribution in [-0.2, 0) is 10.0 Å². The number of hydrogen-bond acceptors (Lipinski definition) is 4. The highest BCUT2D eigenvalue weighted by molar-refractivity contribution is 7.89. The Morgan fingerprint density at radius 1 is 1.50 bits per heavy atom. The fourth-order valence-corrected chi connectivity index (χ4v) is 4.00. The third-order valence-corrected chi connectivity index (χ3v) is 5.36. The van der Waals surface area contributed by atoms with Gasteiger partial charge in [-0.1, -0.05) is 13.8 Å². The molecular formula is C11H15N3O2S2. The van der Waals surface area contributed by atoms with Crippen LogP contribution in [0.2, 0.25) is 0 Å². The van der Waals surface area contributed by atoms with Gasteiger partial charge in [0.25, 0.3) is 10.0 Å². The zero-order valence-corrected chi connectivity index (χ0v) is 11.9. The Morgan fingerprint density at radius 3 is 2.67 bits per heavy atom. The first-order chi connectivity index (χ1) is 8.38. The molecule has 1 saturated carbocycles. The number of aromatic nitrogens is 2. The molecule has 0 bridgehead atoms. The standard InChI is InChI=1S/C11H15N3O2S2/c1-6(2)8-5-14-10(18(12,15)16)9(7-3-4-7)13-11(14)17-8/h5-7H,3-4H2,1-2H3,(H2,12,15,16). The minimum absolute atomic E-state index is 0.183. The molecule has 0 unspecified atom stereocenters. The van der Waals surface area contributed by atoms with Crippen molar-refractivity contribution >= 4 is 26.3 Å². The van der Waals surface area contributed by atoms with Crippen LogP contribution in [-0.4, -0.2) is 17.8 Å². The monoisotopic (exact) mass is 285 g/mol. The van der Waals surface area contributed by atoms with Gasteiger partial charge in [0.05, 0.1) is 5.69 Å². The molecule has 0 atom stereocenters. The SMILES string of the molecule is CC(C)c1cn2c(S(N)(=O)=O)c(C3CC3)nc2s1. The predicted molar refractivity (Wildman–Crippen MR) is 70.5 cm³/mol. The maximum Gasteiger partial charge on any atom is 0.255 e. The summed E-state index contributed by atoms with van der Waals surface area (Å²) in [4.78, 5) is 6.31. The van der Waals surface area contributed by atoms with Crippen LogP contribution in [0.1, 0.15) is 49.1 Å². The van der Waals surface area contributed by atoms with Crippen LogP contribution in [0.4, 0.5) is 0 Å². The molecule has 2 aromatic rings. The lowest BCUT2D eigenvalue weighted by Crippen LogP contribution is -2.16. The Balaban J connectivity index is 2.28. The molecule has 18 heavy (non-hydrogen) atoms. The molecule has 0 spiro atoms. The molecule has 2 aromatic heterocycles. The van der Waals surface area contributed by atoms with Gasteiger partial charge >= 0.3 is 0 Å². The topological polar surface area (TPSA) is 77.5 Å². The quantitative estimate of drug-likeness (QED) is 0.937. The zero-order chi connectivity index (χ0) is 13.1. The number of nitrogens with zero attached hydrogens (tertiary/aromatic N) is 2. The van der Waals surface area contributed by atoms with Gasteiger partial charge in [-0.15, -0.1) is 11.3 Å². The fraction of sp³-hybridized carbons (Fsp3) is 0.545. The summed E-state index contributed by atoms with van der Waals surface area (Å²) in [6, 6.07) is 0. The summed E-state index contributed by atoms with van der Waals surface area (Å²) >= 11 is 1.53. The number of imidazole rings is 1. The number of primary sulfonamides is 1. The summed E-state index contributed by atoms with van der Waals surface area (Å²) in [5.74, 6) is 0.627. The summed E-state index contributed by atoms with van der Waals surface area (Å²) in [5, 5.41) is 5.52. The van der Waals surface area contributed by atoms with Crippen molar-refractivity contribution < 1.29 is 8.42 Å². The maximum absolute atomic E-state index is 11.8. The van der Waals surface area contributed by atoms with Gasteiger partial charge in [-0.2, -0.15) is 0 Å². The number of rotatable bonds is 3. The van der Waals surface area contributed by atoms with Crippen molar-refractivity contribution in [1.29, 1.82) is 0 Å². The largest absolute Gasteiger partial charge is 0.279 e. The molecule has 1 fully saturated rings. The van der Waals surface area contributed by atoms with Gasteiger partial charge in [-0.25, -0.2) is 18.5 Å². The fourth-order valence-electron chi connectivity index (χ4n) is 2.03. The van der Waals surface area contributed by atoms with E-state index >= 15 is 0 Å². The van der Waals surface area contributed by atoms with Gasteiger partial charge in [0.15, 0.2) is 9.99 Å². The van der Waals surface area contributed by atoms with Crippen LogP contribution in [0.15, 0.2) is 11.2 Å². The molecule has 3 rings (SSSR count). The van der Waals surface area contributed by atoms with Gasteiger partial charge < -0.3 is 0 Å². The first-order valence-corrected chi connectivity index (χ1v) is 8.28. The molecule has 0 aromatic carbocycles. The second-order valence-electron chi connectivity index (χ2n) is 5.06. The first kappa shape index (κ1) is 12.1. The molecule has 2 heterocycles. The molecule has 1 aliphatic carbocycles. The van der Waals surface area contributed by atoms with E-state index in [1.54, 1.807) is 4.40 Å². The Kier molecular flexibility index (Phi) is 2.55. The van der Waals surface area contributed by atoms with Crippen molar-refractivity contribution in [2.24, 2.45) is 5.14 Å². The molecule has 0 saturated heterocycles. The molecule has 2 N–H and O–H groups in total. The summed E-state index contributed by atoms with van der Waals surface area (Å²) < 4.78 is 25.2. The van der Waals surface area contributed by atoms with Crippen LogP contribution in [0.3, 0.4) is 0 Å². The van der Waals surface area contributed by atoms with Crippen molar-refractivity contribution in [3.63, 3.8) is 0 Å². The summed E-state index contributed by atoms with van der Waals surface area (Å²) in [6.45, 7) is 4.15. The maximum atomic E-state index is 11.8. The smallest absolute Gasteiger partial charge is 0.255 e. The van der Waals surface area contributed by atoms with Gasteiger partial charge in [0, 0.05) is 17.0 Å². The van der Waals surface area contributed by atoms with E-state index in [4.69, 9.17) is 5.14 Å². The number of hydrogen-bond donors (Lipinski definition) is 1. The van der Waals surface area contributed by atoms with Crippen molar-refractivity contribution in [3.05, 3.63) is 16.8 Å². The molecule has 0 radical (unpaired) electrons. The van der Waals surface area contributed by atoms with Gasteiger partial charge in [-0.05, 0) is 18.8 Å². The average Bonchev–Trinajstić information content (AvgIpc) is 2.87. The van der Waals surface area contributed by atoms with Crippen LogP contribution < -0.4 is 5.14 Å². The highest BCUT2D eigenvalue weighted by Crippen LogP contribution is 2.43. The molecule has 0 aliphatic heterocycles. The Hall–Kier alpha value is -0.920. The third kappa shape index (κ3) is 1.86. The first-order valence-electron chi connectivity index (χ1n) is 5.92. The van der Waals surface area contributed by atoms with Crippen LogP contribution in [0, 0.1) is 0 Å². The van der Waals surface area contributed by atoms with Gasteiger partial charge in [0.2, 0.25) is 0 Å². The lowest BCUT2D eigenvalue weighted by atomic mass is 10.2. The van der Waals surface area contributed by atoms with E-state index < -0.39 is 10.0 Å². The van der Waals surface area contributed by atoms with E-state index in [0.717, 1.165) is 22.7 Å². The Labute approximate surface area is 110 Å². The van der Waals surface area contributed by atoms with Crippen molar-refractivity contribution in [3.8, 4) is 0 Å². The van der Waals surface area contributed by atoms with Crippen molar-refractivity contribution in [2.75, 3.05) is 0 Å². The van der Waals surface area contributed by atoms with E-state index in [1.165, 1.54) is 11.3 Å². The van der Waals surface area contributed by atoms with Crippen LogP contribution in [0.5, 0.6) is 0 Å². The lowest BCUT2D eigenvalue weighted by Gasteiger charge is -2.01. The average molecular weight is 285 g/mol. The molecule has 5 nitrogen and oxygen atoms in total. The van der Waals surface area contributed by atoms with Gasteiger partial charge in [-0.3, -0.25) is 4.40 Å². The number of sulfonamides is 1. The summed E-state index contributed by atoms with van der Waals surface area (Å²) in [7, 11) is -3.73. The molecular weight excluding hydrogens is 270 g/mol. The summed E-state index contributed by atoms with van der Waals surface area (Å²) in [5.41, 5.74) is 0.652. The highest BCUT2D eigenvalue weighted by Gasteiger charge is 2.34. The Bertz CT molecular complexity index is 708. The minimum Gasteiger partial charge on any atom is -0.279 e. The minimum atomic E-state index is -3.73. The third-order valence-electron chi connectivity index (χ3n) is 3.13. The summed E-state index contributed by atoms with van der Waals surface area (Å²) in [6.07, 6.45) is 3.86. The second kappa shape index (κ2) is 3.79. The Morgan fingerprint density at radius 2 is 2.17 bits per heavy atom. The van der Waals surface area contributed by atoms with E-state index in [1.807, 2.05) is 6.20 Å². The van der Waals surface area contributed by atoms with Crippen molar-refractivity contribution in [1.82, 2.24) is 9.38 Å². The number of fused-ring (bicyclic) bond motifs is 1. The highest BCUT2D eigenvalue weighted by atomic mass is 32.2. The van der Waals surface area contributed by atoms with E-state index in [2.05, 4.69) is 18.8 Å². The van der Waals surface area contributed by atoms with E-state index in [0.29, 0.717) is 11.6 Å². The molecule has 1 aliphatic rings. The van der Waals surface area contributed by atoms with E-state index in [-0.39, 0.29) is 10.9 Å². The molecule has 98 valence electrons. The van der Waals surface area contributed by atoms with Gasteiger partial charge in [0.1, 0.15) is 0 Å². The van der Waals surface area contributed by atoms with Crippen molar-refractivity contribution in [2.45, 2.75) is 43.6 Å². The molecule has 0 amide bonds. The van der Waals surface area contributed by atoms with Crippen LogP contribution in [0.25, 0.3) is 4.96 Å². The van der Waals surface area contributed by atoms with E-state index in [9.17, 15) is 8.42 Å².